The Hall–Kier alpha value is -2.57. The van der Waals surface area contributed by atoms with Gasteiger partial charge in [-0.25, -0.2) is 0 Å². The van der Waals surface area contributed by atoms with Gasteiger partial charge in [-0.15, -0.1) is 0 Å². The molecule has 2 aromatic rings. The van der Waals surface area contributed by atoms with Crippen LogP contribution in [0.5, 0.6) is 0 Å². The van der Waals surface area contributed by atoms with Crippen LogP contribution in [0.15, 0.2) is 24.7 Å². The summed E-state index contributed by atoms with van der Waals surface area (Å²) in [5, 5.41) is 7.29. The second-order valence-electron chi connectivity index (χ2n) is 6.86. The highest BCUT2D eigenvalue weighted by atomic mass is 16.2. The molecule has 2 amide bonds. The van der Waals surface area contributed by atoms with E-state index < -0.39 is 0 Å². The highest BCUT2D eigenvalue weighted by molar-refractivity contribution is 5.94. The third-order valence-electron chi connectivity index (χ3n) is 5.07. The number of nitrogens with one attached hydrogen (secondary N) is 1. The Balaban J connectivity index is 1.75. The molecule has 134 valence electrons. The molecular formula is C18H25N5O2. The van der Waals surface area contributed by atoms with Crippen LogP contribution in [0.3, 0.4) is 0 Å². The van der Waals surface area contributed by atoms with Crippen molar-refractivity contribution in [2.75, 3.05) is 13.6 Å². The molecule has 1 N–H and O–H groups in total. The summed E-state index contributed by atoms with van der Waals surface area (Å²) < 4.78 is 3.57. The van der Waals surface area contributed by atoms with Crippen molar-refractivity contribution in [3.63, 3.8) is 0 Å². The predicted octanol–water partition coefficient (Wildman–Crippen LogP) is 1.41. The van der Waals surface area contributed by atoms with E-state index in [0.717, 1.165) is 17.5 Å². The van der Waals surface area contributed by atoms with Gasteiger partial charge in [-0.05, 0) is 25.0 Å². The zero-order valence-electron chi connectivity index (χ0n) is 15.2. The lowest BCUT2D eigenvalue weighted by Gasteiger charge is -2.38. The van der Waals surface area contributed by atoms with Crippen LogP contribution in [-0.4, -0.2) is 44.7 Å². The maximum absolute atomic E-state index is 12.6. The fraction of sp³-hybridized carbons (Fsp3) is 0.500. The Morgan fingerprint density at radius 1 is 1.36 bits per heavy atom. The molecule has 0 radical (unpaired) electrons. The number of likely N-dealkylation sites (tertiary alicyclic amines) is 1. The molecule has 1 fully saturated rings. The van der Waals surface area contributed by atoms with Gasteiger partial charge in [-0.2, -0.15) is 5.10 Å². The molecular weight excluding hydrogens is 318 g/mol. The normalized spacial score (nSPS) is 20.8. The molecule has 2 atom stereocenters. The lowest BCUT2D eigenvalue weighted by molar-refractivity contribution is -0.136. The molecule has 0 spiro atoms. The molecule has 1 saturated heterocycles. The van der Waals surface area contributed by atoms with Crippen LogP contribution in [0.2, 0.25) is 0 Å². The summed E-state index contributed by atoms with van der Waals surface area (Å²) in [4.78, 5) is 26.5. The molecule has 0 aromatic carbocycles. The molecule has 0 unspecified atom stereocenters. The monoisotopic (exact) mass is 343 g/mol. The van der Waals surface area contributed by atoms with Gasteiger partial charge in [0, 0.05) is 58.0 Å². The summed E-state index contributed by atoms with van der Waals surface area (Å²) in [5.41, 5.74) is 2.64. The molecule has 1 aliphatic heterocycles. The van der Waals surface area contributed by atoms with Gasteiger partial charge in [0.2, 0.25) is 5.91 Å². The number of carbonyl (C=O) groups excluding carboxylic acids is 2. The molecule has 25 heavy (non-hydrogen) atoms. The van der Waals surface area contributed by atoms with Crippen molar-refractivity contribution in [1.29, 1.82) is 0 Å². The average molecular weight is 343 g/mol. The molecule has 0 aliphatic carbocycles. The fourth-order valence-corrected chi connectivity index (χ4v) is 3.72. The Labute approximate surface area is 147 Å². The van der Waals surface area contributed by atoms with E-state index in [1.54, 1.807) is 15.8 Å². The molecule has 3 heterocycles. The summed E-state index contributed by atoms with van der Waals surface area (Å²) in [5.74, 6) is 0.223. The molecule has 3 rings (SSSR count). The minimum absolute atomic E-state index is 0.0650. The average Bonchev–Trinajstić information content (AvgIpc) is 3.14. The SMILES string of the molecule is Cc1ccn(C)c1C(=O)NC[C@H]1CCC(=O)N(C)[C@@H]1c1cnn(C)c1. The van der Waals surface area contributed by atoms with E-state index in [4.69, 9.17) is 0 Å². The van der Waals surface area contributed by atoms with Crippen molar-refractivity contribution in [3.8, 4) is 0 Å². The Morgan fingerprint density at radius 2 is 2.12 bits per heavy atom. The summed E-state index contributed by atoms with van der Waals surface area (Å²) in [6.07, 6.45) is 6.90. The number of piperidine rings is 1. The van der Waals surface area contributed by atoms with Gasteiger partial charge < -0.3 is 14.8 Å². The maximum atomic E-state index is 12.6. The highest BCUT2D eigenvalue weighted by Gasteiger charge is 2.35. The van der Waals surface area contributed by atoms with Crippen LogP contribution in [0.1, 0.15) is 40.5 Å². The second-order valence-corrected chi connectivity index (χ2v) is 6.86. The van der Waals surface area contributed by atoms with Crippen LogP contribution >= 0.6 is 0 Å². The quantitative estimate of drug-likeness (QED) is 0.912. The fourth-order valence-electron chi connectivity index (χ4n) is 3.72. The van der Waals surface area contributed by atoms with Crippen LogP contribution in [0.25, 0.3) is 0 Å². The van der Waals surface area contributed by atoms with Gasteiger partial charge in [0.05, 0.1) is 12.2 Å². The predicted molar refractivity (Wildman–Crippen MR) is 93.9 cm³/mol. The molecule has 2 aromatic heterocycles. The first-order chi connectivity index (χ1) is 11.9. The minimum Gasteiger partial charge on any atom is -0.350 e. The van der Waals surface area contributed by atoms with E-state index in [1.165, 1.54) is 0 Å². The van der Waals surface area contributed by atoms with Gasteiger partial charge in [-0.1, -0.05) is 0 Å². The summed E-state index contributed by atoms with van der Waals surface area (Å²) in [6.45, 7) is 2.46. The van der Waals surface area contributed by atoms with Crippen molar-refractivity contribution in [2.24, 2.45) is 20.0 Å². The number of nitrogens with zero attached hydrogens (tertiary/aromatic N) is 4. The van der Waals surface area contributed by atoms with Crippen molar-refractivity contribution < 1.29 is 9.59 Å². The second kappa shape index (κ2) is 6.74. The van der Waals surface area contributed by atoms with E-state index in [1.807, 2.05) is 51.1 Å². The van der Waals surface area contributed by atoms with Gasteiger partial charge >= 0.3 is 0 Å². The van der Waals surface area contributed by atoms with E-state index in [9.17, 15) is 9.59 Å². The van der Waals surface area contributed by atoms with Crippen molar-refractivity contribution in [2.45, 2.75) is 25.8 Å². The number of aromatic nitrogens is 3. The topological polar surface area (TPSA) is 72.2 Å². The molecule has 0 saturated carbocycles. The third-order valence-corrected chi connectivity index (χ3v) is 5.07. The van der Waals surface area contributed by atoms with Gasteiger partial charge in [0.1, 0.15) is 5.69 Å². The standard InChI is InChI=1S/C18H25N5O2/c1-12-7-8-21(2)16(12)18(25)19-9-13-5-6-15(24)23(4)17(13)14-10-20-22(3)11-14/h7-8,10-11,13,17H,5-6,9H2,1-4H3,(H,19,25)/t13-,17+/m1/s1. The molecule has 0 bridgehead atoms. The third kappa shape index (κ3) is 3.31. The Kier molecular flexibility index (Phi) is 4.65. The first-order valence-corrected chi connectivity index (χ1v) is 8.52. The first kappa shape index (κ1) is 17.3. The number of amides is 2. The summed E-state index contributed by atoms with van der Waals surface area (Å²) in [7, 11) is 5.56. The number of hydrogen-bond donors (Lipinski definition) is 1. The van der Waals surface area contributed by atoms with E-state index >= 15 is 0 Å². The van der Waals surface area contributed by atoms with Crippen molar-refractivity contribution in [1.82, 2.24) is 24.6 Å². The Bertz CT molecular complexity index is 772. The van der Waals surface area contributed by atoms with Crippen molar-refractivity contribution >= 4 is 11.8 Å². The van der Waals surface area contributed by atoms with Crippen molar-refractivity contribution in [3.05, 3.63) is 41.5 Å². The number of carbonyl (C=O) groups is 2. The number of hydrogen-bond acceptors (Lipinski definition) is 3. The lowest BCUT2D eigenvalue weighted by Crippen LogP contribution is -2.44. The molecule has 7 nitrogen and oxygen atoms in total. The van der Waals surface area contributed by atoms with Crippen LogP contribution in [0, 0.1) is 12.8 Å². The number of aryl methyl sites for hydroxylation is 3. The van der Waals surface area contributed by atoms with E-state index in [-0.39, 0.29) is 23.8 Å². The van der Waals surface area contributed by atoms with E-state index in [0.29, 0.717) is 18.7 Å². The van der Waals surface area contributed by atoms with Crippen LogP contribution < -0.4 is 5.32 Å². The molecule has 1 aliphatic rings. The maximum Gasteiger partial charge on any atom is 0.268 e. The summed E-state index contributed by atoms with van der Waals surface area (Å²) in [6, 6.07) is 1.87. The van der Waals surface area contributed by atoms with Crippen LogP contribution in [0.4, 0.5) is 0 Å². The van der Waals surface area contributed by atoms with Gasteiger partial charge in [-0.3, -0.25) is 14.3 Å². The highest BCUT2D eigenvalue weighted by Crippen LogP contribution is 2.35. The zero-order chi connectivity index (χ0) is 18.1. The zero-order valence-corrected chi connectivity index (χ0v) is 15.2. The Morgan fingerprint density at radius 3 is 2.72 bits per heavy atom. The first-order valence-electron chi connectivity index (χ1n) is 8.52. The summed E-state index contributed by atoms with van der Waals surface area (Å²) >= 11 is 0. The van der Waals surface area contributed by atoms with Gasteiger partial charge in [0.15, 0.2) is 0 Å². The largest absolute Gasteiger partial charge is 0.350 e. The number of rotatable bonds is 4. The molecule has 7 heteroatoms. The lowest BCUT2D eigenvalue weighted by atomic mass is 9.85. The minimum atomic E-state index is -0.0745. The smallest absolute Gasteiger partial charge is 0.268 e. The van der Waals surface area contributed by atoms with Crippen LogP contribution in [-0.2, 0) is 18.9 Å². The van der Waals surface area contributed by atoms with E-state index in [2.05, 4.69) is 10.4 Å². The van der Waals surface area contributed by atoms with Gasteiger partial charge in [0.25, 0.3) is 5.91 Å².